The van der Waals surface area contributed by atoms with Gasteiger partial charge in [-0.3, -0.25) is 9.48 Å². The third-order valence-electron chi connectivity index (χ3n) is 3.39. The lowest BCUT2D eigenvalue weighted by atomic mass is 9.94. The predicted octanol–water partition coefficient (Wildman–Crippen LogP) is 1.40. The molecule has 0 aromatic carbocycles. The summed E-state index contributed by atoms with van der Waals surface area (Å²) in [5.41, 5.74) is -0.834. The standard InChI is InChI=1S/C12H18N2O3/c1-3-14-10(9(17-2)8-13-14)11(15)12(16)6-4-5-7-12/h8,16H,3-7H2,1-2H3. The Balaban J connectivity index is 2.38. The summed E-state index contributed by atoms with van der Waals surface area (Å²) in [5, 5.41) is 14.4. The summed E-state index contributed by atoms with van der Waals surface area (Å²) in [6, 6.07) is 0. The van der Waals surface area contributed by atoms with Crippen LogP contribution in [-0.2, 0) is 6.54 Å². The maximum absolute atomic E-state index is 12.4. The number of carbonyl (C=O) groups is 1. The molecule has 0 aliphatic heterocycles. The van der Waals surface area contributed by atoms with E-state index < -0.39 is 5.60 Å². The second-order valence-electron chi connectivity index (χ2n) is 4.45. The number of ether oxygens (including phenoxy) is 1. The van der Waals surface area contributed by atoms with Gasteiger partial charge in [-0.1, -0.05) is 0 Å². The quantitative estimate of drug-likeness (QED) is 0.805. The highest BCUT2D eigenvalue weighted by Crippen LogP contribution is 2.34. The zero-order valence-electron chi connectivity index (χ0n) is 10.3. The van der Waals surface area contributed by atoms with Gasteiger partial charge >= 0.3 is 0 Å². The number of rotatable bonds is 4. The van der Waals surface area contributed by atoms with Gasteiger partial charge in [0.25, 0.3) is 0 Å². The SMILES string of the molecule is CCn1ncc(OC)c1C(=O)C1(O)CCCC1. The maximum atomic E-state index is 12.4. The fourth-order valence-electron chi connectivity index (χ4n) is 2.39. The van der Waals surface area contributed by atoms with Crippen LogP contribution in [0, 0.1) is 0 Å². The van der Waals surface area contributed by atoms with E-state index in [0.717, 1.165) is 12.8 Å². The van der Waals surface area contributed by atoms with Crippen LogP contribution in [0.4, 0.5) is 0 Å². The highest BCUT2D eigenvalue weighted by molar-refractivity contribution is 6.03. The number of ketones is 1. The van der Waals surface area contributed by atoms with Crippen molar-refractivity contribution in [2.45, 2.75) is 44.8 Å². The molecule has 0 atom stereocenters. The second-order valence-corrected chi connectivity index (χ2v) is 4.45. The number of hydrogen-bond donors (Lipinski definition) is 1. The molecule has 1 aliphatic carbocycles. The Morgan fingerprint density at radius 2 is 2.24 bits per heavy atom. The smallest absolute Gasteiger partial charge is 0.216 e. The van der Waals surface area contributed by atoms with Gasteiger partial charge in [0.15, 0.2) is 5.75 Å². The Labute approximate surface area is 100 Å². The fraction of sp³-hybridized carbons (Fsp3) is 0.667. The molecule has 0 amide bonds. The molecule has 1 fully saturated rings. The first-order chi connectivity index (χ1) is 8.12. The fourth-order valence-corrected chi connectivity index (χ4v) is 2.39. The maximum Gasteiger partial charge on any atom is 0.216 e. The van der Waals surface area contributed by atoms with Gasteiger partial charge in [0.05, 0.1) is 13.3 Å². The van der Waals surface area contributed by atoms with Crippen LogP contribution < -0.4 is 4.74 Å². The lowest BCUT2D eigenvalue weighted by Crippen LogP contribution is -2.37. The number of nitrogens with zero attached hydrogens (tertiary/aromatic N) is 2. The molecular formula is C12H18N2O3. The molecule has 5 heteroatoms. The lowest BCUT2D eigenvalue weighted by molar-refractivity contribution is 0.0339. The van der Waals surface area contributed by atoms with Crippen LogP contribution in [-0.4, -0.2) is 33.4 Å². The minimum Gasteiger partial charge on any atom is -0.493 e. The predicted molar refractivity (Wildman–Crippen MR) is 62.2 cm³/mol. The number of Topliss-reactive ketones (excluding diaryl/α,β-unsaturated/α-hetero) is 1. The van der Waals surface area contributed by atoms with Gasteiger partial charge in [0, 0.05) is 6.54 Å². The highest BCUT2D eigenvalue weighted by atomic mass is 16.5. The molecule has 1 heterocycles. The van der Waals surface area contributed by atoms with Crippen LogP contribution >= 0.6 is 0 Å². The average molecular weight is 238 g/mol. The van der Waals surface area contributed by atoms with Gasteiger partial charge in [0.1, 0.15) is 11.3 Å². The molecule has 1 aromatic rings. The molecular weight excluding hydrogens is 220 g/mol. The summed E-state index contributed by atoms with van der Waals surface area (Å²) >= 11 is 0. The summed E-state index contributed by atoms with van der Waals surface area (Å²) in [4.78, 5) is 12.4. The van der Waals surface area contributed by atoms with Crippen molar-refractivity contribution in [2.75, 3.05) is 7.11 Å². The highest BCUT2D eigenvalue weighted by Gasteiger charge is 2.42. The second kappa shape index (κ2) is 4.49. The van der Waals surface area contributed by atoms with Crippen LogP contribution in [0.1, 0.15) is 43.1 Å². The Bertz CT molecular complexity index is 398. The molecule has 1 saturated carbocycles. The van der Waals surface area contributed by atoms with Crippen LogP contribution in [0.15, 0.2) is 6.20 Å². The van der Waals surface area contributed by atoms with E-state index in [-0.39, 0.29) is 5.78 Å². The Kier molecular flexibility index (Phi) is 3.19. The molecule has 0 unspecified atom stereocenters. The van der Waals surface area contributed by atoms with Gasteiger partial charge in [-0.15, -0.1) is 0 Å². The van der Waals surface area contributed by atoms with E-state index in [1.54, 1.807) is 4.68 Å². The van der Waals surface area contributed by atoms with Crippen molar-refractivity contribution < 1.29 is 14.6 Å². The molecule has 2 rings (SSSR count). The molecule has 0 bridgehead atoms. The molecule has 94 valence electrons. The van der Waals surface area contributed by atoms with Crippen molar-refractivity contribution in [3.05, 3.63) is 11.9 Å². The van der Waals surface area contributed by atoms with Crippen LogP contribution in [0.25, 0.3) is 0 Å². The van der Waals surface area contributed by atoms with Crippen molar-refractivity contribution in [2.24, 2.45) is 0 Å². The van der Waals surface area contributed by atoms with Crippen molar-refractivity contribution >= 4 is 5.78 Å². The average Bonchev–Trinajstić information content (AvgIpc) is 2.94. The van der Waals surface area contributed by atoms with Gasteiger partial charge < -0.3 is 9.84 Å². The zero-order valence-corrected chi connectivity index (χ0v) is 10.3. The molecule has 0 spiro atoms. The Morgan fingerprint density at radius 3 is 2.76 bits per heavy atom. The van der Waals surface area contributed by atoms with Crippen molar-refractivity contribution in [1.82, 2.24) is 9.78 Å². The summed E-state index contributed by atoms with van der Waals surface area (Å²) in [6.45, 7) is 2.49. The molecule has 1 aromatic heterocycles. The third kappa shape index (κ3) is 1.95. The molecule has 1 aliphatic rings. The Hall–Kier alpha value is -1.36. The van der Waals surface area contributed by atoms with Gasteiger partial charge in [-0.05, 0) is 32.6 Å². The van der Waals surface area contributed by atoms with Crippen molar-refractivity contribution in [3.63, 3.8) is 0 Å². The van der Waals surface area contributed by atoms with E-state index in [9.17, 15) is 9.90 Å². The molecule has 17 heavy (non-hydrogen) atoms. The first-order valence-electron chi connectivity index (χ1n) is 5.99. The molecule has 5 nitrogen and oxygen atoms in total. The largest absolute Gasteiger partial charge is 0.493 e. The van der Waals surface area contributed by atoms with Crippen molar-refractivity contribution in [1.29, 1.82) is 0 Å². The van der Waals surface area contributed by atoms with E-state index in [1.807, 2.05) is 6.92 Å². The number of aromatic nitrogens is 2. The normalized spacial score (nSPS) is 18.3. The topological polar surface area (TPSA) is 64.4 Å². The third-order valence-corrected chi connectivity index (χ3v) is 3.39. The van der Waals surface area contributed by atoms with Gasteiger partial charge in [0.2, 0.25) is 5.78 Å². The first-order valence-corrected chi connectivity index (χ1v) is 5.99. The zero-order chi connectivity index (χ0) is 12.5. The van der Waals surface area contributed by atoms with E-state index >= 15 is 0 Å². The monoisotopic (exact) mass is 238 g/mol. The minimum absolute atomic E-state index is 0.258. The summed E-state index contributed by atoms with van der Waals surface area (Å²) < 4.78 is 6.72. The van der Waals surface area contributed by atoms with Crippen LogP contribution in [0.3, 0.4) is 0 Å². The summed E-state index contributed by atoms with van der Waals surface area (Å²) in [5.74, 6) is 0.184. The lowest BCUT2D eigenvalue weighted by Gasteiger charge is -2.21. The minimum atomic E-state index is -1.22. The van der Waals surface area contributed by atoms with E-state index in [1.165, 1.54) is 13.3 Å². The first kappa shape index (κ1) is 12.1. The molecule has 1 N–H and O–H groups in total. The number of methoxy groups -OCH3 is 1. The molecule has 0 radical (unpaired) electrons. The van der Waals surface area contributed by atoms with Crippen LogP contribution in [0.2, 0.25) is 0 Å². The van der Waals surface area contributed by atoms with Crippen LogP contribution in [0.5, 0.6) is 5.75 Å². The van der Waals surface area contributed by atoms with E-state index in [4.69, 9.17) is 4.74 Å². The number of aryl methyl sites for hydroxylation is 1. The summed E-state index contributed by atoms with van der Waals surface area (Å²) in [6.07, 6.45) is 4.37. The van der Waals surface area contributed by atoms with Crippen molar-refractivity contribution in [3.8, 4) is 5.75 Å². The summed E-state index contributed by atoms with van der Waals surface area (Å²) in [7, 11) is 1.51. The van der Waals surface area contributed by atoms with E-state index in [0.29, 0.717) is 30.8 Å². The Morgan fingerprint density at radius 1 is 1.59 bits per heavy atom. The van der Waals surface area contributed by atoms with E-state index in [2.05, 4.69) is 5.10 Å². The molecule has 0 saturated heterocycles. The van der Waals surface area contributed by atoms with Gasteiger partial charge in [-0.25, -0.2) is 0 Å². The number of carbonyl (C=O) groups excluding carboxylic acids is 1. The van der Waals surface area contributed by atoms with Gasteiger partial charge in [-0.2, -0.15) is 5.10 Å². The number of aliphatic hydroxyl groups is 1. The number of hydrogen-bond acceptors (Lipinski definition) is 4.